The molecule has 2 aromatic carbocycles. The van der Waals surface area contributed by atoms with Crippen molar-refractivity contribution in [1.82, 2.24) is 4.90 Å². The fourth-order valence-corrected chi connectivity index (χ4v) is 4.34. The number of carbonyl (C=O) groups excluding carboxylic acids is 3. The van der Waals surface area contributed by atoms with Crippen molar-refractivity contribution in [3.63, 3.8) is 0 Å². The molecule has 0 aromatic heterocycles. The number of imide groups is 1. The second-order valence-corrected chi connectivity index (χ2v) is 8.66. The number of ether oxygens (including phenoxy) is 2. The Bertz CT molecular complexity index is 1130. The van der Waals surface area contributed by atoms with Gasteiger partial charge < -0.3 is 14.8 Å². The molecule has 7 nitrogen and oxygen atoms in total. The molecule has 2 aromatic rings. The summed E-state index contributed by atoms with van der Waals surface area (Å²) >= 11 is 7.12. The van der Waals surface area contributed by atoms with Crippen LogP contribution in [-0.2, 0) is 9.59 Å². The number of hydrogen-bond acceptors (Lipinski definition) is 6. The molecule has 1 saturated heterocycles. The van der Waals surface area contributed by atoms with E-state index in [9.17, 15) is 14.4 Å². The maximum atomic E-state index is 12.8. The van der Waals surface area contributed by atoms with Crippen molar-refractivity contribution in [2.45, 2.75) is 27.7 Å². The van der Waals surface area contributed by atoms with Crippen LogP contribution >= 0.6 is 23.4 Å². The molecule has 0 radical (unpaired) electrons. The molecular formula is C24H25ClN2O5S. The van der Waals surface area contributed by atoms with Gasteiger partial charge in [-0.1, -0.05) is 23.7 Å². The predicted octanol–water partition coefficient (Wildman–Crippen LogP) is 5.43. The van der Waals surface area contributed by atoms with Gasteiger partial charge in [0.1, 0.15) is 6.54 Å². The zero-order chi connectivity index (χ0) is 24.1. The number of hydrogen-bond donors (Lipinski definition) is 1. The highest BCUT2D eigenvalue weighted by molar-refractivity contribution is 8.18. The van der Waals surface area contributed by atoms with Crippen LogP contribution < -0.4 is 14.8 Å². The molecule has 0 saturated carbocycles. The minimum Gasteiger partial charge on any atom is -0.490 e. The summed E-state index contributed by atoms with van der Waals surface area (Å²) in [5, 5.41) is 2.59. The van der Waals surface area contributed by atoms with Crippen LogP contribution in [0.25, 0.3) is 6.08 Å². The Kier molecular flexibility index (Phi) is 8.05. The monoisotopic (exact) mass is 488 g/mol. The number of nitrogens with zero attached hydrogens (tertiary/aromatic N) is 1. The third-order valence-corrected chi connectivity index (χ3v) is 6.16. The first-order valence-corrected chi connectivity index (χ1v) is 11.6. The highest BCUT2D eigenvalue weighted by Crippen LogP contribution is 2.39. The summed E-state index contributed by atoms with van der Waals surface area (Å²) in [7, 11) is 0. The van der Waals surface area contributed by atoms with Gasteiger partial charge in [0.2, 0.25) is 5.91 Å². The number of aryl methyl sites for hydroxylation is 1. The summed E-state index contributed by atoms with van der Waals surface area (Å²) < 4.78 is 11.2. The molecule has 1 N–H and O–H groups in total. The second-order valence-electron chi connectivity index (χ2n) is 7.26. The van der Waals surface area contributed by atoms with Crippen LogP contribution in [-0.4, -0.2) is 41.7 Å². The molecule has 0 atom stereocenters. The Balaban J connectivity index is 1.78. The Morgan fingerprint density at radius 1 is 1.15 bits per heavy atom. The van der Waals surface area contributed by atoms with E-state index in [1.54, 1.807) is 24.3 Å². The van der Waals surface area contributed by atoms with Gasteiger partial charge in [-0.3, -0.25) is 19.3 Å². The lowest BCUT2D eigenvalue weighted by atomic mass is 10.1. The van der Waals surface area contributed by atoms with E-state index in [0.29, 0.717) is 41.0 Å². The SMILES string of the molecule is CCOc1cc(/C=C2/SC(=O)N(CC(=O)Nc3cccc(C)c3C)C2=O)cc(Cl)c1OCC. The molecule has 0 bridgehead atoms. The van der Waals surface area contributed by atoms with Gasteiger partial charge >= 0.3 is 0 Å². The van der Waals surface area contributed by atoms with E-state index in [-0.39, 0.29) is 11.4 Å². The van der Waals surface area contributed by atoms with Crippen molar-refractivity contribution in [1.29, 1.82) is 0 Å². The number of anilines is 1. The Morgan fingerprint density at radius 3 is 2.58 bits per heavy atom. The average molecular weight is 489 g/mol. The fraction of sp³-hybridized carbons (Fsp3) is 0.292. The van der Waals surface area contributed by atoms with Crippen molar-refractivity contribution in [3.05, 3.63) is 56.9 Å². The molecule has 0 spiro atoms. The van der Waals surface area contributed by atoms with Crippen LogP contribution in [0.3, 0.4) is 0 Å². The van der Waals surface area contributed by atoms with Crippen molar-refractivity contribution in [2.24, 2.45) is 0 Å². The lowest BCUT2D eigenvalue weighted by Crippen LogP contribution is -2.36. The highest BCUT2D eigenvalue weighted by Gasteiger charge is 2.36. The lowest BCUT2D eigenvalue weighted by Gasteiger charge is -2.14. The van der Waals surface area contributed by atoms with Crippen LogP contribution in [0.5, 0.6) is 11.5 Å². The summed E-state index contributed by atoms with van der Waals surface area (Å²) in [5.74, 6) is -0.112. The van der Waals surface area contributed by atoms with Crippen LogP contribution in [0.4, 0.5) is 10.5 Å². The third kappa shape index (κ3) is 5.69. The normalized spacial score (nSPS) is 14.7. The number of rotatable bonds is 8. The van der Waals surface area contributed by atoms with E-state index in [1.165, 1.54) is 0 Å². The van der Waals surface area contributed by atoms with Gasteiger partial charge in [-0.15, -0.1) is 0 Å². The molecular weight excluding hydrogens is 464 g/mol. The molecule has 3 amide bonds. The van der Waals surface area contributed by atoms with Gasteiger partial charge in [0.15, 0.2) is 11.5 Å². The Morgan fingerprint density at radius 2 is 1.88 bits per heavy atom. The summed E-state index contributed by atoms with van der Waals surface area (Å²) in [4.78, 5) is 38.9. The molecule has 1 aliphatic heterocycles. The van der Waals surface area contributed by atoms with Gasteiger partial charge in [0.25, 0.3) is 11.1 Å². The van der Waals surface area contributed by atoms with E-state index >= 15 is 0 Å². The maximum absolute atomic E-state index is 12.8. The second kappa shape index (κ2) is 10.8. The zero-order valence-electron chi connectivity index (χ0n) is 18.9. The number of carbonyl (C=O) groups is 3. The van der Waals surface area contributed by atoms with Crippen molar-refractivity contribution in [2.75, 3.05) is 25.1 Å². The van der Waals surface area contributed by atoms with Gasteiger partial charge in [-0.05, 0) is 80.4 Å². The highest BCUT2D eigenvalue weighted by atomic mass is 35.5. The van der Waals surface area contributed by atoms with Crippen molar-refractivity contribution in [3.8, 4) is 11.5 Å². The molecule has 1 heterocycles. The zero-order valence-corrected chi connectivity index (χ0v) is 20.4. The molecule has 9 heteroatoms. The Hall–Kier alpha value is -2.97. The molecule has 1 fully saturated rings. The van der Waals surface area contributed by atoms with Gasteiger partial charge in [0.05, 0.1) is 23.1 Å². The molecule has 3 rings (SSSR count). The molecule has 0 unspecified atom stereocenters. The lowest BCUT2D eigenvalue weighted by molar-refractivity contribution is -0.127. The standard InChI is InChI=1S/C24H25ClN2O5S/c1-5-31-19-11-16(10-17(25)22(19)32-6-2)12-20-23(29)27(24(30)33-20)13-21(28)26-18-9-7-8-14(3)15(18)4/h7-12H,5-6,13H2,1-4H3,(H,26,28)/b20-12+. The largest absolute Gasteiger partial charge is 0.490 e. The predicted molar refractivity (Wildman–Crippen MR) is 131 cm³/mol. The van der Waals surface area contributed by atoms with Crippen LogP contribution in [0.2, 0.25) is 5.02 Å². The van der Waals surface area contributed by atoms with E-state index in [2.05, 4.69) is 5.32 Å². The Labute approximate surface area is 202 Å². The summed E-state index contributed by atoms with van der Waals surface area (Å²) in [6.45, 7) is 7.97. The number of amides is 3. The average Bonchev–Trinajstić information content (AvgIpc) is 3.01. The first-order chi connectivity index (χ1) is 15.7. The fourth-order valence-electron chi connectivity index (χ4n) is 3.23. The molecule has 33 heavy (non-hydrogen) atoms. The van der Waals surface area contributed by atoms with Crippen molar-refractivity contribution >= 4 is 52.2 Å². The number of thioether (sulfide) groups is 1. The van der Waals surface area contributed by atoms with E-state index in [4.69, 9.17) is 21.1 Å². The summed E-state index contributed by atoms with van der Waals surface area (Å²) in [5.41, 5.74) is 3.19. The van der Waals surface area contributed by atoms with Gasteiger partial charge in [-0.25, -0.2) is 0 Å². The smallest absolute Gasteiger partial charge is 0.294 e. The molecule has 1 aliphatic rings. The first kappa shape index (κ1) is 24.7. The van der Waals surface area contributed by atoms with E-state index < -0.39 is 17.1 Å². The van der Waals surface area contributed by atoms with Crippen LogP contribution in [0.1, 0.15) is 30.5 Å². The minimum atomic E-state index is -0.538. The summed E-state index contributed by atoms with van der Waals surface area (Å²) in [6.07, 6.45) is 1.55. The maximum Gasteiger partial charge on any atom is 0.294 e. The van der Waals surface area contributed by atoms with E-state index in [1.807, 2.05) is 39.8 Å². The van der Waals surface area contributed by atoms with Crippen LogP contribution in [0, 0.1) is 13.8 Å². The number of benzene rings is 2. The van der Waals surface area contributed by atoms with Crippen molar-refractivity contribution < 1.29 is 23.9 Å². The van der Waals surface area contributed by atoms with Crippen LogP contribution in [0.15, 0.2) is 35.2 Å². The minimum absolute atomic E-state index is 0.196. The van der Waals surface area contributed by atoms with E-state index in [0.717, 1.165) is 27.8 Å². The number of nitrogens with one attached hydrogen (secondary N) is 1. The number of halogens is 1. The summed E-state index contributed by atoms with van der Waals surface area (Å²) in [6, 6.07) is 8.88. The van der Waals surface area contributed by atoms with Gasteiger partial charge in [-0.2, -0.15) is 0 Å². The first-order valence-electron chi connectivity index (χ1n) is 10.5. The van der Waals surface area contributed by atoms with Gasteiger partial charge in [0, 0.05) is 5.69 Å². The molecule has 174 valence electrons. The third-order valence-electron chi connectivity index (χ3n) is 4.97. The topological polar surface area (TPSA) is 84.9 Å². The molecule has 0 aliphatic carbocycles. The quantitative estimate of drug-likeness (QED) is 0.499.